The molecular formula is C13H17N3O3. The van der Waals surface area contributed by atoms with Gasteiger partial charge in [0.15, 0.2) is 0 Å². The summed E-state index contributed by atoms with van der Waals surface area (Å²) in [6.45, 7) is 0. The molecule has 1 heterocycles. The lowest BCUT2D eigenvalue weighted by Gasteiger charge is -2.29. The van der Waals surface area contributed by atoms with Crippen LogP contribution >= 0.6 is 0 Å². The summed E-state index contributed by atoms with van der Waals surface area (Å²) in [5.74, 6) is -1.37. The van der Waals surface area contributed by atoms with Crippen molar-refractivity contribution in [1.82, 2.24) is 10.3 Å². The highest BCUT2D eigenvalue weighted by Gasteiger charge is 2.24. The Bertz CT molecular complexity index is 473. The number of carbonyl (C=O) groups excluding carboxylic acids is 1. The fourth-order valence-electron chi connectivity index (χ4n) is 2.24. The van der Waals surface area contributed by atoms with Crippen molar-refractivity contribution < 1.29 is 14.7 Å². The second kappa shape index (κ2) is 5.79. The maximum absolute atomic E-state index is 12.0. The average Bonchev–Trinajstić information content (AvgIpc) is 2.41. The Balaban J connectivity index is 2.01. The number of nitrogens with two attached hydrogens (primary N) is 1. The molecule has 102 valence electrons. The number of carboxylic acid groups (broad SMARTS) is 1. The molecule has 0 aliphatic heterocycles. The van der Waals surface area contributed by atoms with Crippen LogP contribution in [0.5, 0.6) is 0 Å². The summed E-state index contributed by atoms with van der Waals surface area (Å²) in [5, 5.41) is 11.6. The summed E-state index contributed by atoms with van der Waals surface area (Å²) in [4.78, 5) is 26.5. The van der Waals surface area contributed by atoms with E-state index in [9.17, 15) is 9.59 Å². The number of nitrogens with zero attached hydrogens (tertiary/aromatic N) is 1. The van der Waals surface area contributed by atoms with E-state index < -0.39 is 5.97 Å². The lowest BCUT2D eigenvalue weighted by molar-refractivity contribution is 0.0695. The maximum atomic E-state index is 12.0. The Labute approximate surface area is 111 Å². The quantitative estimate of drug-likeness (QED) is 0.747. The molecule has 19 heavy (non-hydrogen) atoms. The van der Waals surface area contributed by atoms with Gasteiger partial charge in [-0.3, -0.25) is 9.78 Å². The van der Waals surface area contributed by atoms with Crippen LogP contribution in [0.1, 0.15) is 46.5 Å². The minimum Gasteiger partial charge on any atom is -0.478 e. The van der Waals surface area contributed by atoms with Crippen LogP contribution < -0.4 is 11.1 Å². The summed E-state index contributed by atoms with van der Waals surface area (Å²) >= 11 is 0. The number of hydrogen-bond acceptors (Lipinski definition) is 4. The summed E-state index contributed by atoms with van der Waals surface area (Å²) in [6, 6.07) is 2.73. The van der Waals surface area contributed by atoms with E-state index in [1.807, 2.05) is 0 Å². The van der Waals surface area contributed by atoms with Gasteiger partial charge >= 0.3 is 5.97 Å². The van der Waals surface area contributed by atoms with E-state index in [-0.39, 0.29) is 29.2 Å². The van der Waals surface area contributed by atoms with Crippen molar-refractivity contribution in [3.8, 4) is 0 Å². The third-order valence-electron chi connectivity index (χ3n) is 3.38. The minimum absolute atomic E-state index is 0.0176. The van der Waals surface area contributed by atoms with E-state index in [4.69, 9.17) is 10.8 Å². The highest BCUT2D eigenvalue weighted by molar-refractivity contribution is 5.93. The second-order valence-electron chi connectivity index (χ2n) is 4.77. The van der Waals surface area contributed by atoms with Gasteiger partial charge in [-0.05, 0) is 25.0 Å². The molecule has 1 aliphatic rings. The van der Waals surface area contributed by atoms with E-state index in [0.717, 1.165) is 25.7 Å². The van der Waals surface area contributed by atoms with Gasteiger partial charge in [-0.2, -0.15) is 0 Å². The molecule has 0 radical (unpaired) electrons. The van der Waals surface area contributed by atoms with Gasteiger partial charge in [-0.25, -0.2) is 4.79 Å². The van der Waals surface area contributed by atoms with Gasteiger partial charge in [-0.1, -0.05) is 12.8 Å². The lowest BCUT2D eigenvalue weighted by atomic mass is 9.91. The fourth-order valence-corrected chi connectivity index (χ4v) is 2.24. The first-order valence-corrected chi connectivity index (χ1v) is 6.33. The first kappa shape index (κ1) is 13.5. The zero-order chi connectivity index (χ0) is 13.8. The Morgan fingerprint density at radius 2 is 2.05 bits per heavy atom. The summed E-state index contributed by atoms with van der Waals surface area (Å²) in [6.07, 6.45) is 5.12. The minimum atomic E-state index is -1.06. The third-order valence-corrected chi connectivity index (χ3v) is 3.38. The molecule has 0 saturated heterocycles. The first-order chi connectivity index (χ1) is 9.08. The predicted octanol–water partition coefficient (Wildman–Crippen LogP) is 0.779. The van der Waals surface area contributed by atoms with Gasteiger partial charge in [0, 0.05) is 18.3 Å². The van der Waals surface area contributed by atoms with Gasteiger partial charge in [0.05, 0.1) is 5.56 Å². The van der Waals surface area contributed by atoms with E-state index >= 15 is 0 Å². The molecule has 0 bridgehead atoms. The molecule has 4 N–H and O–H groups in total. The molecule has 1 aromatic heterocycles. The van der Waals surface area contributed by atoms with Crippen LogP contribution in [-0.2, 0) is 0 Å². The van der Waals surface area contributed by atoms with E-state index in [2.05, 4.69) is 10.3 Å². The van der Waals surface area contributed by atoms with Crippen LogP contribution in [0, 0.1) is 0 Å². The number of rotatable bonds is 3. The number of pyridine rings is 1. The Hall–Kier alpha value is -1.95. The highest BCUT2D eigenvalue weighted by atomic mass is 16.4. The maximum Gasteiger partial charge on any atom is 0.337 e. The van der Waals surface area contributed by atoms with Gasteiger partial charge in [0.2, 0.25) is 0 Å². The average molecular weight is 263 g/mol. The number of nitrogens with one attached hydrogen (secondary N) is 1. The smallest absolute Gasteiger partial charge is 0.337 e. The second-order valence-corrected chi connectivity index (χ2v) is 4.77. The third kappa shape index (κ3) is 3.29. The molecular weight excluding hydrogens is 246 g/mol. The zero-order valence-corrected chi connectivity index (χ0v) is 10.5. The molecule has 1 saturated carbocycles. The van der Waals surface area contributed by atoms with E-state index in [1.54, 1.807) is 0 Å². The summed E-state index contributed by atoms with van der Waals surface area (Å²) in [7, 11) is 0. The van der Waals surface area contributed by atoms with Crippen LogP contribution in [0.2, 0.25) is 0 Å². The molecule has 6 heteroatoms. The van der Waals surface area contributed by atoms with Crippen molar-refractivity contribution in [3.05, 3.63) is 29.6 Å². The largest absolute Gasteiger partial charge is 0.478 e. The van der Waals surface area contributed by atoms with Crippen LogP contribution in [0.15, 0.2) is 18.3 Å². The molecule has 0 spiro atoms. The molecule has 1 fully saturated rings. The predicted molar refractivity (Wildman–Crippen MR) is 68.9 cm³/mol. The molecule has 1 aromatic rings. The van der Waals surface area contributed by atoms with Crippen molar-refractivity contribution in [3.63, 3.8) is 0 Å². The van der Waals surface area contributed by atoms with Crippen LogP contribution in [0.25, 0.3) is 0 Å². The number of carbonyl (C=O) groups is 2. The monoisotopic (exact) mass is 263 g/mol. The fraction of sp³-hybridized carbons (Fsp3) is 0.462. The van der Waals surface area contributed by atoms with E-state index in [1.165, 1.54) is 18.3 Å². The highest BCUT2D eigenvalue weighted by Crippen LogP contribution is 2.17. The normalized spacial score (nSPS) is 22.8. The summed E-state index contributed by atoms with van der Waals surface area (Å²) in [5.41, 5.74) is 6.23. The Morgan fingerprint density at radius 3 is 2.63 bits per heavy atom. The standard InChI is InChI=1S/C13H17N3O3/c14-9-3-1-2-4-10(9)16-12(17)11-6-5-8(7-15-11)13(18)19/h5-7,9-10H,1-4,14H2,(H,16,17)(H,18,19). The molecule has 1 amide bonds. The van der Waals surface area contributed by atoms with Gasteiger partial charge in [0.1, 0.15) is 5.69 Å². The van der Waals surface area contributed by atoms with Gasteiger partial charge in [-0.15, -0.1) is 0 Å². The summed E-state index contributed by atoms with van der Waals surface area (Å²) < 4.78 is 0. The number of amides is 1. The molecule has 2 rings (SSSR count). The van der Waals surface area contributed by atoms with Crippen molar-refractivity contribution in [2.75, 3.05) is 0 Å². The molecule has 2 unspecified atom stereocenters. The number of carboxylic acids is 1. The lowest BCUT2D eigenvalue weighted by Crippen LogP contribution is -2.49. The Morgan fingerprint density at radius 1 is 1.32 bits per heavy atom. The number of hydrogen-bond donors (Lipinski definition) is 3. The number of aromatic carboxylic acids is 1. The van der Waals surface area contributed by atoms with Crippen molar-refractivity contribution in [2.45, 2.75) is 37.8 Å². The van der Waals surface area contributed by atoms with Crippen LogP contribution in [0.3, 0.4) is 0 Å². The Kier molecular flexibility index (Phi) is 4.11. The van der Waals surface area contributed by atoms with Crippen molar-refractivity contribution in [2.24, 2.45) is 5.73 Å². The molecule has 0 aromatic carbocycles. The molecule has 6 nitrogen and oxygen atoms in total. The van der Waals surface area contributed by atoms with Crippen LogP contribution in [0.4, 0.5) is 0 Å². The number of aromatic nitrogens is 1. The van der Waals surface area contributed by atoms with Gasteiger partial charge < -0.3 is 16.2 Å². The first-order valence-electron chi connectivity index (χ1n) is 6.33. The van der Waals surface area contributed by atoms with Crippen molar-refractivity contribution in [1.29, 1.82) is 0 Å². The zero-order valence-electron chi connectivity index (χ0n) is 10.5. The van der Waals surface area contributed by atoms with Crippen molar-refractivity contribution >= 4 is 11.9 Å². The molecule has 1 aliphatic carbocycles. The van der Waals surface area contributed by atoms with Crippen LogP contribution in [-0.4, -0.2) is 34.1 Å². The topological polar surface area (TPSA) is 105 Å². The molecule has 2 atom stereocenters. The SMILES string of the molecule is NC1CCCCC1NC(=O)c1ccc(C(=O)O)cn1. The van der Waals surface area contributed by atoms with E-state index in [0.29, 0.717) is 0 Å². The van der Waals surface area contributed by atoms with Gasteiger partial charge in [0.25, 0.3) is 5.91 Å².